The van der Waals surface area contributed by atoms with E-state index in [4.69, 9.17) is 5.26 Å². The van der Waals surface area contributed by atoms with Gasteiger partial charge in [-0.2, -0.15) is 5.26 Å². The van der Waals surface area contributed by atoms with Crippen LogP contribution in [0.1, 0.15) is 29.8 Å². The minimum Gasteiger partial charge on any atom is -0.289 e. The Hall–Kier alpha value is -2.40. The average Bonchev–Trinajstić information content (AvgIpc) is 2.45. The number of nitriles is 1. The van der Waals surface area contributed by atoms with Crippen LogP contribution in [-0.2, 0) is 0 Å². The van der Waals surface area contributed by atoms with E-state index >= 15 is 0 Å². The van der Waals surface area contributed by atoms with Crippen molar-refractivity contribution < 1.29 is 4.79 Å². The van der Waals surface area contributed by atoms with Gasteiger partial charge in [-0.25, -0.2) is 0 Å². The molecule has 0 fully saturated rings. The number of rotatable bonds is 5. The summed E-state index contributed by atoms with van der Waals surface area (Å²) in [6.07, 6.45) is 11.3. The van der Waals surface area contributed by atoms with Crippen molar-refractivity contribution in [2.75, 3.05) is 0 Å². The summed E-state index contributed by atoms with van der Waals surface area (Å²) < 4.78 is 0. The fourth-order valence-electron chi connectivity index (χ4n) is 1.46. The van der Waals surface area contributed by atoms with Crippen LogP contribution in [0, 0.1) is 17.2 Å². The molecule has 2 heteroatoms. The second-order valence-corrected chi connectivity index (χ2v) is 4.18. The Kier molecular flexibility index (Phi) is 6.05. The molecule has 1 aromatic rings. The summed E-state index contributed by atoms with van der Waals surface area (Å²) >= 11 is 0. The molecule has 1 rings (SSSR count). The van der Waals surface area contributed by atoms with Crippen LogP contribution >= 0.6 is 0 Å². The number of nitrogens with zero attached hydrogens (tertiary/aromatic N) is 1. The van der Waals surface area contributed by atoms with Crippen LogP contribution in [0.15, 0.2) is 60.7 Å². The van der Waals surface area contributed by atoms with Crippen LogP contribution in [0.25, 0.3) is 0 Å². The summed E-state index contributed by atoms with van der Waals surface area (Å²) in [5.74, 6) is 0.161. The van der Waals surface area contributed by atoms with Gasteiger partial charge in [-0.1, -0.05) is 37.3 Å². The zero-order valence-corrected chi connectivity index (χ0v) is 11.2. The molecule has 0 saturated heterocycles. The minimum atomic E-state index is -0.0456. The standard InChI is InChI=1S/C17H17NO/c1-3-4-5-6-14(2)7-12-17(19)16-10-8-15(13-18)9-11-16/h3-12,14H,1-2H3/b4-3-,6-5-,12-7+. The Morgan fingerprint density at radius 1 is 1.21 bits per heavy atom. The predicted molar refractivity (Wildman–Crippen MR) is 77.7 cm³/mol. The normalized spacial score (nSPS) is 13.1. The predicted octanol–water partition coefficient (Wildman–Crippen LogP) is 4.07. The van der Waals surface area contributed by atoms with Gasteiger partial charge in [0.05, 0.1) is 11.6 Å². The Balaban J connectivity index is 2.65. The number of carbonyl (C=O) groups is 1. The number of allylic oxidation sites excluding steroid dienone is 6. The van der Waals surface area contributed by atoms with Crippen molar-refractivity contribution in [1.82, 2.24) is 0 Å². The number of hydrogen-bond acceptors (Lipinski definition) is 2. The number of ketones is 1. The van der Waals surface area contributed by atoms with E-state index < -0.39 is 0 Å². The third-order valence-electron chi connectivity index (χ3n) is 2.57. The van der Waals surface area contributed by atoms with Crippen molar-refractivity contribution in [2.24, 2.45) is 5.92 Å². The number of benzene rings is 1. The number of carbonyl (C=O) groups excluding carboxylic acids is 1. The van der Waals surface area contributed by atoms with Crippen LogP contribution in [0.4, 0.5) is 0 Å². The van der Waals surface area contributed by atoms with Gasteiger partial charge in [0.15, 0.2) is 5.78 Å². The van der Waals surface area contributed by atoms with Gasteiger partial charge >= 0.3 is 0 Å². The van der Waals surface area contributed by atoms with Crippen molar-refractivity contribution in [3.05, 3.63) is 71.8 Å². The van der Waals surface area contributed by atoms with Gasteiger partial charge in [0.25, 0.3) is 0 Å². The second kappa shape index (κ2) is 7.84. The summed E-state index contributed by atoms with van der Waals surface area (Å²) in [7, 11) is 0. The van der Waals surface area contributed by atoms with E-state index in [1.165, 1.54) is 0 Å². The number of hydrogen-bond donors (Lipinski definition) is 0. The smallest absolute Gasteiger partial charge is 0.185 e. The molecule has 96 valence electrons. The lowest BCUT2D eigenvalue weighted by Crippen LogP contribution is -1.95. The quantitative estimate of drug-likeness (QED) is 0.449. The average molecular weight is 251 g/mol. The molecule has 0 amide bonds. The molecule has 2 nitrogen and oxygen atoms in total. The van der Waals surface area contributed by atoms with Crippen molar-refractivity contribution >= 4 is 5.78 Å². The summed E-state index contributed by atoms with van der Waals surface area (Å²) in [6.45, 7) is 3.97. The lowest BCUT2D eigenvalue weighted by atomic mass is 10.1. The first-order chi connectivity index (χ1) is 9.17. The fourth-order valence-corrected chi connectivity index (χ4v) is 1.46. The zero-order chi connectivity index (χ0) is 14.1. The SMILES string of the molecule is C/C=C\C=C/C(C)/C=C/C(=O)c1ccc(C#N)cc1. The Morgan fingerprint density at radius 3 is 2.47 bits per heavy atom. The lowest BCUT2D eigenvalue weighted by Gasteiger charge is -1.98. The molecule has 0 aromatic heterocycles. The Bertz CT molecular complexity index is 542. The molecule has 0 spiro atoms. The molecule has 0 aliphatic carbocycles. The second-order valence-electron chi connectivity index (χ2n) is 4.18. The maximum Gasteiger partial charge on any atom is 0.185 e. The zero-order valence-electron chi connectivity index (χ0n) is 11.2. The van der Waals surface area contributed by atoms with Crippen LogP contribution in [0.3, 0.4) is 0 Å². The van der Waals surface area contributed by atoms with Crippen LogP contribution in [0.5, 0.6) is 0 Å². The summed E-state index contributed by atoms with van der Waals surface area (Å²) in [6, 6.07) is 8.67. The first kappa shape index (κ1) is 14.7. The first-order valence-corrected chi connectivity index (χ1v) is 6.19. The molecule has 0 aliphatic heterocycles. The van der Waals surface area contributed by atoms with E-state index in [1.54, 1.807) is 30.3 Å². The van der Waals surface area contributed by atoms with Gasteiger partial charge in [0, 0.05) is 5.56 Å². The summed E-state index contributed by atoms with van der Waals surface area (Å²) in [5.41, 5.74) is 1.16. The van der Waals surface area contributed by atoms with Gasteiger partial charge in [-0.05, 0) is 43.2 Å². The Morgan fingerprint density at radius 2 is 1.89 bits per heavy atom. The summed E-state index contributed by atoms with van der Waals surface area (Å²) in [4.78, 5) is 11.9. The maximum absolute atomic E-state index is 11.9. The van der Waals surface area contributed by atoms with E-state index in [1.807, 2.05) is 50.3 Å². The third-order valence-corrected chi connectivity index (χ3v) is 2.57. The molecule has 1 aromatic carbocycles. The van der Waals surface area contributed by atoms with Crippen molar-refractivity contribution in [3.63, 3.8) is 0 Å². The van der Waals surface area contributed by atoms with Crippen molar-refractivity contribution in [2.45, 2.75) is 13.8 Å². The first-order valence-electron chi connectivity index (χ1n) is 6.19. The van der Waals surface area contributed by atoms with Gasteiger partial charge < -0.3 is 0 Å². The molecular formula is C17H17NO. The highest BCUT2D eigenvalue weighted by molar-refractivity contribution is 6.04. The van der Waals surface area contributed by atoms with Crippen molar-refractivity contribution in [1.29, 1.82) is 5.26 Å². The summed E-state index contributed by atoms with van der Waals surface area (Å²) in [5, 5.41) is 8.68. The highest BCUT2D eigenvalue weighted by atomic mass is 16.1. The van der Waals surface area contributed by atoms with Gasteiger partial charge in [0.1, 0.15) is 0 Å². The van der Waals surface area contributed by atoms with E-state index in [2.05, 4.69) is 0 Å². The van der Waals surface area contributed by atoms with E-state index in [-0.39, 0.29) is 11.7 Å². The Labute approximate surface area is 114 Å². The van der Waals surface area contributed by atoms with Gasteiger partial charge in [-0.15, -0.1) is 0 Å². The van der Waals surface area contributed by atoms with Crippen LogP contribution in [-0.4, -0.2) is 5.78 Å². The third kappa shape index (κ3) is 5.18. The van der Waals surface area contributed by atoms with Crippen LogP contribution < -0.4 is 0 Å². The van der Waals surface area contributed by atoms with E-state index in [9.17, 15) is 4.79 Å². The highest BCUT2D eigenvalue weighted by Crippen LogP contribution is 2.07. The maximum atomic E-state index is 11.9. The molecule has 0 saturated carbocycles. The molecule has 0 N–H and O–H groups in total. The van der Waals surface area contributed by atoms with Crippen LogP contribution in [0.2, 0.25) is 0 Å². The molecule has 1 unspecified atom stereocenters. The topological polar surface area (TPSA) is 40.9 Å². The van der Waals surface area contributed by atoms with Gasteiger partial charge in [0.2, 0.25) is 0 Å². The molecule has 0 radical (unpaired) electrons. The molecule has 19 heavy (non-hydrogen) atoms. The molecule has 0 bridgehead atoms. The van der Waals surface area contributed by atoms with Gasteiger partial charge in [-0.3, -0.25) is 4.79 Å². The van der Waals surface area contributed by atoms with E-state index in [0.29, 0.717) is 11.1 Å². The fraction of sp³-hybridized carbons (Fsp3) is 0.176. The molecule has 0 heterocycles. The molecular weight excluding hydrogens is 234 g/mol. The molecule has 1 atom stereocenters. The van der Waals surface area contributed by atoms with Crippen molar-refractivity contribution in [3.8, 4) is 6.07 Å². The molecule has 0 aliphatic rings. The largest absolute Gasteiger partial charge is 0.289 e. The highest BCUT2D eigenvalue weighted by Gasteiger charge is 2.01. The van der Waals surface area contributed by atoms with E-state index in [0.717, 1.165) is 0 Å². The monoisotopic (exact) mass is 251 g/mol. The lowest BCUT2D eigenvalue weighted by molar-refractivity contribution is 0.104. The minimum absolute atomic E-state index is 0.0456.